The molecule has 0 bridgehead atoms. The van der Waals surface area contributed by atoms with Gasteiger partial charge in [0.25, 0.3) is 0 Å². The summed E-state index contributed by atoms with van der Waals surface area (Å²) in [4.78, 5) is 14.8. The van der Waals surface area contributed by atoms with E-state index in [0.717, 1.165) is 19.5 Å². The Morgan fingerprint density at radius 2 is 2.19 bits per heavy atom. The van der Waals surface area contributed by atoms with Crippen molar-refractivity contribution < 1.29 is 9.21 Å². The SMILES string of the molecule is CCC(C)(C(=O)c1ccoc1)N1CCCC1. The van der Waals surface area contributed by atoms with Crippen molar-refractivity contribution in [3.05, 3.63) is 24.2 Å². The molecule has 1 atom stereocenters. The quantitative estimate of drug-likeness (QED) is 0.733. The average Bonchev–Trinajstić information content (AvgIpc) is 2.98. The van der Waals surface area contributed by atoms with Gasteiger partial charge in [-0.3, -0.25) is 9.69 Å². The molecule has 1 aromatic heterocycles. The molecule has 1 saturated heterocycles. The van der Waals surface area contributed by atoms with Crippen LogP contribution in [0.2, 0.25) is 0 Å². The molecule has 0 spiro atoms. The third-order valence-corrected chi connectivity index (χ3v) is 3.76. The van der Waals surface area contributed by atoms with Gasteiger partial charge in [-0.2, -0.15) is 0 Å². The lowest BCUT2D eigenvalue weighted by Gasteiger charge is -2.36. The molecule has 0 aliphatic carbocycles. The molecule has 0 amide bonds. The number of nitrogens with zero attached hydrogens (tertiary/aromatic N) is 1. The fraction of sp³-hybridized carbons (Fsp3) is 0.615. The van der Waals surface area contributed by atoms with E-state index in [1.807, 2.05) is 6.92 Å². The molecule has 1 unspecified atom stereocenters. The summed E-state index contributed by atoms with van der Waals surface area (Å²) in [5, 5.41) is 0. The van der Waals surface area contributed by atoms with Crippen LogP contribution in [-0.4, -0.2) is 29.3 Å². The minimum Gasteiger partial charge on any atom is -0.472 e. The van der Waals surface area contributed by atoms with Gasteiger partial charge in [-0.1, -0.05) is 6.92 Å². The summed E-state index contributed by atoms with van der Waals surface area (Å²) in [6.45, 7) is 6.20. The fourth-order valence-corrected chi connectivity index (χ4v) is 2.44. The van der Waals surface area contributed by atoms with Crippen LogP contribution in [0.5, 0.6) is 0 Å². The van der Waals surface area contributed by atoms with Crippen molar-refractivity contribution in [2.45, 2.75) is 38.6 Å². The number of Topliss-reactive ketones (excluding diaryl/α,β-unsaturated/α-hetero) is 1. The number of furan rings is 1. The number of hydrogen-bond donors (Lipinski definition) is 0. The molecule has 2 rings (SSSR count). The molecule has 1 fully saturated rings. The highest BCUT2D eigenvalue weighted by Crippen LogP contribution is 2.28. The zero-order valence-corrected chi connectivity index (χ0v) is 10.0. The number of likely N-dealkylation sites (tertiary alicyclic amines) is 1. The molecule has 1 aliphatic heterocycles. The Morgan fingerprint density at radius 3 is 2.69 bits per heavy atom. The summed E-state index contributed by atoms with van der Waals surface area (Å²) >= 11 is 0. The van der Waals surface area contributed by atoms with Crippen molar-refractivity contribution in [1.29, 1.82) is 0 Å². The lowest BCUT2D eigenvalue weighted by atomic mass is 9.88. The predicted octanol–water partition coefficient (Wildman–Crippen LogP) is 2.73. The lowest BCUT2D eigenvalue weighted by Crippen LogP contribution is -2.50. The normalized spacial score (nSPS) is 20.9. The van der Waals surface area contributed by atoms with Gasteiger partial charge in [0, 0.05) is 0 Å². The first-order valence-electron chi connectivity index (χ1n) is 6.00. The Morgan fingerprint density at radius 1 is 1.50 bits per heavy atom. The van der Waals surface area contributed by atoms with Crippen LogP contribution in [0.4, 0.5) is 0 Å². The Hall–Kier alpha value is -1.09. The van der Waals surface area contributed by atoms with Gasteiger partial charge in [-0.25, -0.2) is 0 Å². The number of carbonyl (C=O) groups is 1. The molecule has 0 N–H and O–H groups in total. The van der Waals surface area contributed by atoms with Crippen molar-refractivity contribution in [2.75, 3.05) is 13.1 Å². The second-order valence-electron chi connectivity index (χ2n) is 4.66. The molecule has 1 aromatic rings. The monoisotopic (exact) mass is 221 g/mol. The first kappa shape index (κ1) is 11.4. The first-order chi connectivity index (χ1) is 7.68. The van der Waals surface area contributed by atoms with Crippen LogP contribution in [-0.2, 0) is 0 Å². The van der Waals surface area contributed by atoms with E-state index in [1.54, 1.807) is 18.6 Å². The summed E-state index contributed by atoms with van der Waals surface area (Å²) in [6, 6.07) is 1.76. The summed E-state index contributed by atoms with van der Waals surface area (Å²) in [7, 11) is 0. The maximum absolute atomic E-state index is 12.4. The van der Waals surface area contributed by atoms with Crippen LogP contribution in [0.3, 0.4) is 0 Å². The van der Waals surface area contributed by atoms with Gasteiger partial charge >= 0.3 is 0 Å². The molecular weight excluding hydrogens is 202 g/mol. The van der Waals surface area contributed by atoms with E-state index in [9.17, 15) is 4.79 Å². The number of carbonyl (C=O) groups excluding carboxylic acids is 1. The van der Waals surface area contributed by atoms with Crippen LogP contribution in [0.15, 0.2) is 23.0 Å². The third-order valence-electron chi connectivity index (χ3n) is 3.76. The molecular formula is C13H19NO2. The average molecular weight is 221 g/mol. The summed E-state index contributed by atoms with van der Waals surface area (Å²) in [5.74, 6) is 0.186. The molecule has 3 heteroatoms. The van der Waals surface area contributed by atoms with E-state index in [2.05, 4.69) is 11.8 Å². The highest BCUT2D eigenvalue weighted by molar-refractivity contribution is 6.02. The number of ketones is 1. The second-order valence-corrected chi connectivity index (χ2v) is 4.66. The highest BCUT2D eigenvalue weighted by atomic mass is 16.3. The number of rotatable bonds is 4. The molecule has 0 saturated carbocycles. The van der Waals surface area contributed by atoms with E-state index in [-0.39, 0.29) is 11.3 Å². The van der Waals surface area contributed by atoms with E-state index < -0.39 is 0 Å². The Balaban J connectivity index is 2.23. The topological polar surface area (TPSA) is 33.5 Å². The van der Waals surface area contributed by atoms with Gasteiger partial charge in [0.05, 0.1) is 17.4 Å². The Bertz CT molecular complexity index is 352. The van der Waals surface area contributed by atoms with Crippen molar-refractivity contribution in [1.82, 2.24) is 4.90 Å². The van der Waals surface area contributed by atoms with Crippen LogP contribution in [0.1, 0.15) is 43.5 Å². The Labute approximate surface area is 96.4 Å². The van der Waals surface area contributed by atoms with Gasteiger partial charge in [0.15, 0.2) is 5.78 Å². The molecule has 0 aromatic carbocycles. The zero-order chi connectivity index (χ0) is 11.6. The van der Waals surface area contributed by atoms with Crippen molar-refractivity contribution in [3.63, 3.8) is 0 Å². The first-order valence-corrected chi connectivity index (χ1v) is 6.00. The standard InChI is InChI=1S/C13H19NO2/c1-3-13(2,14-7-4-5-8-14)12(15)11-6-9-16-10-11/h6,9-10H,3-5,7-8H2,1-2H3. The summed E-state index contributed by atoms with van der Waals surface area (Å²) in [5.41, 5.74) is 0.330. The van der Waals surface area contributed by atoms with E-state index in [0.29, 0.717) is 5.56 Å². The van der Waals surface area contributed by atoms with Gasteiger partial charge < -0.3 is 4.42 Å². The van der Waals surface area contributed by atoms with Crippen molar-refractivity contribution in [3.8, 4) is 0 Å². The van der Waals surface area contributed by atoms with Crippen molar-refractivity contribution in [2.24, 2.45) is 0 Å². The predicted molar refractivity (Wildman–Crippen MR) is 62.5 cm³/mol. The van der Waals surface area contributed by atoms with Crippen LogP contribution >= 0.6 is 0 Å². The van der Waals surface area contributed by atoms with Gasteiger partial charge in [0.1, 0.15) is 6.26 Å². The van der Waals surface area contributed by atoms with E-state index in [4.69, 9.17) is 4.42 Å². The molecule has 1 aliphatic rings. The molecule has 2 heterocycles. The van der Waals surface area contributed by atoms with E-state index in [1.165, 1.54) is 12.8 Å². The van der Waals surface area contributed by atoms with Gasteiger partial charge in [0.2, 0.25) is 0 Å². The van der Waals surface area contributed by atoms with Crippen molar-refractivity contribution >= 4 is 5.78 Å². The molecule has 16 heavy (non-hydrogen) atoms. The molecule has 0 radical (unpaired) electrons. The molecule has 88 valence electrons. The van der Waals surface area contributed by atoms with Crippen LogP contribution in [0.25, 0.3) is 0 Å². The van der Waals surface area contributed by atoms with Crippen LogP contribution < -0.4 is 0 Å². The summed E-state index contributed by atoms with van der Waals surface area (Å²) in [6.07, 6.45) is 6.36. The largest absolute Gasteiger partial charge is 0.472 e. The maximum Gasteiger partial charge on any atom is 0.185 e. The fourth-order valence-electron chi connectivity index (χ4n) is 2.44. The van der Waals surface area contributed by atoms with E-state index >= 15 is 0 Å². The smallest absolute Gasteiger partial charge is 0.185 e. The maximum atomic E-state index is 12.4. The lowest BCUT2D eigenvalue weighted by molar-refractivity contribution is 0.0647. The van der Waals surface area contributed by atoms with Crippen LogP contribution in [0, 0.1) is 0 Å². The third kappa shape index (κ3) is 1.80. The Kier molecular flexibility index (Phi) is 3.15. The van der Waals surface area contributed by atoms with Gasteiger partial charge in [-0.05, 0) is 45.3 Å². The summed E-state index contributed by atoms with van der Waals surface area (Å²) < 4.78 is 5.00. The van der Waals surface area contributed by atoms with Gasteiger partial charge in [-0.15, -0.1) is 0 Å². The highest BCUT2D eigenvalue weighted by Gasteiger charge is 2.39. The zero-order valence-electron chi connectivity index (χ0n) is 10.0. The number of hydrogen-bond acceptors (Lipinski definition) is 3. The second kappa shape index (κ2) is 4.42. The molecule has 3 nitrogen and oxygen atoms in total. The minimum atomic E-state index is -0.361. The minimum absolute atomic E-state index is 0.186.